The van der Waals surface area contributed by atoms with E-state index in [4.69, 9.17) is 0 Å². The first-order valence-corrected chi connectivity index (χ1v) is 4.22. The van der Waals surface area contributed by atoms with Crippen molar-refractivity contribution in [3.8, 4) is 11.3 Å². The molecule has 12 heavy (non-hydrogen) atoms. The first kappa shape index (κ1) is 7.43. The van der Waals surface area contributed by atoms with Crippen LogP contribution >= 0.6 is 11.5 Å². The molecule has 0 saturated carbocycles. The number of hydrogen-bond donors (Lipinski definition) is 0. The molecule has 1 nitrogen and oxygen atoms in total. The van der Waals surface area contributed by atoms with Gasteiger partial charge in [-0.25, -0.2) is 4.39 Å². The molecule has 2 rings (SSSR count). The lowest BCUT2D eigenvalue weighted by atomic mass is 10.1. The minimum absolute atomic E-state index is 0.224. The Kier molecular flexibility index (Phi) is 1.87. The zero-order valence-electron chi connectivity index (χ0n) is 6.12. The predicted molar refractivity (Wildman–Crippen MR) is 46.3 cm³/mol. The highest BCUT2D eigenvalue weighted by Crippen LogP contribution is 2.17. The molecule has 1 aromatic carbocycles. The smallest absolute Gasteiger partial charge is 0.123 e. The van der Waals surface area contributed by atoms with Crippen LogP contribution in [0.5, 0.6) is 0 Å². The molecule has 0 aliphatic rings. The van der Waals surface area contributed by atoms with Crippen LogP contribution in [0.25, 0.3) is 11.3 Å². The third-order valence-corrected chi connectivity index (χ3v) is 2.04. The van der Waals surface area contributed by atoms with Gasteiger partial charge in [-0.2, -0.15) is 4.37 Å². The molecule has 0 fully saturated rings. The van der Waals surface area contributed by atoms with E-state index in [9.17, 15) is 4.39 Å². The molecule has 0 saturated heterocycles. The Morgan fingerprint density at radius 2 is 2.00 bits per heavy atom. The van der Waals surface area contributed by atoms with E-state index in [2.05, 4.69) is 9.75 Å². The quantitative estimate of drug-likeness (QED) is 0.654. The van der Waals surface area contributed by atoms with Crippen molar-refractivity contribution in [2.45, 2.75) is 0 Å². The molecule has 1 radical (unpaired) electrons. The van der Waals surface area contributed by atoms with Crippen LogP contribution in [0.1, 0.15) is 0 Å². The molecule has 1 aromatic heterocycles. The van der Waals surface area contributed by atoms with Crippen LogP contribution in [0, 0.1) is 11.2 Å². The lowest BCUT2D eigenvalue weighted by molar-refractivity contribution is 0.628. The van der Waals surface area contributed by atoms with Gasteiger partial charge < -0.3 is 0 Å². The van der Waals surface area contributed by atoms with Gasteiger partial charge in [-0.3, -0.25) is 0 Å². The van der Waals surface area contributed by atoms with Crippen molar-refractivity contribution in [3.63, 3.8) is 0 Å². The van der Waals surface area contributed by atoms with Crippen LogP contribution in [0.2, 0.25) is 0 Å². The van der Waals surface area contributed by atoms with Crippen molar-refractivity contribution in [1.82, 2.24) is 4.37 Å². The molecule has 0 aliphatic heterocycles. The molecule has 0 bridgehead atoms. The molecule has 0 spiro atoms. The van der Waals surface area contributed by atoms with Gasteiger partial charge in [-0.1, -0.05) is 0 Å². The van der Waals surface area contributed by atoms with Crippen LogP contribution < -0.4 is 0 Å². The van der Waals surface area contributed by atoms with Gasteiger partial charge in [0.25, 0.3) is 0 Å². The van der Waals surface area contributed by atoms with Crippen LogP contribution in [-0.4, -0.2) is 4.37 Å². The highest BCUT2D eigenvalue weighted by Gasteiger charge is 1.98. The van der Waals surface area contributed by atoms with E-state index in [0.717, 1.165) is 11.3 Å². The van der Waals surface area contributed by atoms with Crippen LogP contribution in [-0.2, 0) is 0 Å². The summed E-state index contributed by atoms with van der Waals surface area (Å²) in [5, 5.41) is 2.88. The van der Waals surface area contributed by atoms with Crippen molar-refractivity contribution in [2.24, 2.45) is 0 Å². The molecule has 3 heteroatoms. The highest BCUT2D eigenvalue weighted by molar-refractivity contribution is 7.03. The fraction of sp³-hybridized carbons (Fsp3) is 0. The number of rotatable bonds is 1. The van der Waals surface area contributed by atoms with Crippen molar-refractivity contribution >= 4 is 11.5 Å². The van der Waals surface area contributed by atoms with Gasteiger partial charge in [-0.15, -0.1) is 0 Å². The monoisotopic (exact) mass is 178 g/mol. The van der Waals surface area contributed by atoms with E-state index in [-0.39, 0.29) is 5.82 Å². The standard InChI is InChI=1S/C9H5FNS/c10-8-3-1-7(2-4-8)9-5-6-12-11-9/h1-5H. The molecule has 0 N–H and O–H groups in total. The third kappa shape index (κ3) is 1.36. The average Bonchev–Trinajstić information content (AvgIpc) is 2.58. The summed E-state index contributed by atoms with van der Waals surface area (Å²) in [5.41, 5.74) is 1.77. The van der Waals surface area contributed by atoms with E-state index < -0.39 is 0 Å². The minimum atomic E-state index is -0.224. The fourth-order valence-corrected chi connectivity index (χ4v) is 1.41. The molecule has 2 aromatic rings. The number of halogens is 1. The Hall–Kier alpha value is -1.22. The first-order chi connectivity index (χ1) is 5.86. The number of benzene rings is 1. The number of hydrogen-bond acceptors (Lipinski definition) is 2. The van der Waals surface area contributed by atoms with Gasteiger partial charge in [0.2, 0.25) is 0 Å². The van der Waals surface area contributed by atoms with Crippen LogP contribution in [0.4, 0.5) is 4.39 Å². The molecule has 0 atom stereocenters. The maximum Gasteiger partial charge on any atom is 0.123 e. The molecule has 0 unspecified atom stereocenters. The van der Waals surface area contributed by atoms with Gasteiger partial charge in [0.1, 0.15) is 5.82 Å². The summed E-state index contributed by atoms with van der Waals surface area (Å²) in [5.74, 6) is -0.224. The maximum absolute atomic E-state index is 12.5. The Morgan fingerprint density at radius 3 is 2.58 bits per heavy atom. The summed E-state index contributed by atoms with van der Waals surface area (Å²) in [4.78, 5) is 0. The largest absolute Gasteiger partial charge is 0.207 e. The lowest BCUT2D eigenvalue weighted by Crippen LogP contribution is -1.76. The van der Waals surface area contributed by atoms with Crippen molar-refractivity contribution < 1.29 is 4.39 Å². The number of nitrogens with zero attached hydrogens (tertiary/aromatic N) is 1. The van der Waals surface area contributed by atoms with Gasteiger partial charge in [-0.05, 0) is 41.9 Å². The van der Waals surface area contributed by atoms with Gasteiger partial charge in [0.15, 0.2) is 0 Å². The van der Waals surface area contributed by atoms with Gasteiger partial charge >= 0.3 is 0 Å². The first-order valence-electron chi connectivity index (χ1n) is 3.45. The van der Waals surface area contributed by atoms with E-state index in [1.54, 1.807) is 18.2 Å². The second-order valence-corrected chi connectivity index (χ2v) is 2.94. The fourth-order valence-electron chi connectivity index (χ4n) is 0.941. The molecule has 59 valence electrons. The predicted octanol–water partition coefficient (Wildman–Crippen LogP) is 2.75. The summed E-state index contributed by atoms with van der Waals surface area (Å²) < 4.78 is 16.6. The number of aromatic nitrogens is 1. The minimum Gasteiger partial charge on any atom is -0.207 e. The van der Waals surface area contributed by atoms with E-state index in [1.165, 1.54) is 23.7 Å². The second-order valence-electron chi connectivity index (χ2n) is 2.34. The zero-order valence-corrected chi connectivity index (χ0v) is 6.94. The summed E-state index contributed by atoms with van der Waals surface area (Å²) in [6, 6.07) is 8.05. The van der Waals surface area contributed by atoms with Gasteiger partial charge in [0.05, 0.1) is 11.1 Å². The Morgan fingerprint density at radius 1 is 1.25 bits per heavy atom. The second kappa shape index (κ2) is 3.03. The summed E-state index contributed by atoms with van der Waals surface area (Å²) in [6.07, 6.45) is 0. The normalized spacial score (nSPS) is 10.1. The SMILES string of the molecule is Fc1ccc(-c2c[c]sn2)cc1. The van der Waals surface area contributed by atoms with Crippen LogP contribution in [0.15, 0.2) is 30.3 Å². The summed E-state index contributed by atoms with van der Waals surface area (Å²) >= 11 is 1.27. The molecular formula is C9H5FNS. The summed E-state index contributed by atoms with van der Waals surface area (Å²) in [6.45, 7) is 0. The Bertz CT molecular complexity index is 353. The molecular weight excluding hydrogens is 173 g/mol. The highest BCUT2D eigenvalue weighted by atomic mass is 32.1. The molecule has 0 amide bonds. The van der Waals surface area contributed by atoms with Crippen molar-refractivity contribution in [1.29, 1.82) is 0 Å². The van der Waals surface area contributed by atoms with E-state index in [1.807, 2.05) is 0 Å². The summed E-state index contributed by atoms with van der Waals surface area (Å²) in [7, 11) is 0. The average molecular weight is 178 g/mol. The van der Waals surface area contributed by atoms with Crippen LogP contribution in [0.3, 0.4) is 0 Å². The van der Waals surface area contributed by atoms with E-state index in [0.29, 0.717) is 0 Å². The lowest BCUT2D eigenvalue weighted by Gasteiger charge is -1.93. The van der Waals surface area contributed by atoms with E-state index >= 15 is 0 Å². The Labute approximate surface area is 73.7 Å². The zero-order chi connectivity index (χ0) is 8.39. The molecule has 1 heterocycles. The van der Waals surface area contributed by atoms with Gasteiger partial charge in [0, 0.05) is 5.56 Å². The van der Waals surface area contributed by atoms with Crippen molar-refractivity contribution in [2.75, 3.05) is 0 Å². The molecule has 0 aliphatic carbocycles. The Balaban J connectivity index is 2.43. The topological polar surface area (TPSA) is 12.9 Å². The third-order valence-electron chi connectivity index (χ3n) is 1.53. The van der Waals surface area contributed by atoms with Crippen molar-refractivity contribution in [3.05, 3.63) is 41.5 Å². The maximum atomic E-state index is 12.5.